The topological polar surface area (TPSA) is 87.3 Å². The van der Waals surface area contributed by atoms with E-state index in [2.05, 4.69) is 36.2 Å². The van der Waals surface area contributed by atoms with E-state index in [4.69, 9.17) is 5.84 Å². The standard InChI is InChI=1S/C13H20BrN5O/c14-10-7-16-12(18-15)17-11(10)19-6-5-13(20)4-2-1-3-9(13)8-19/h7,9,20H,1-6,8,15H2,(H,16,17,18). The van der Waals surface area contributed by atoms with Crippen molar-refractivity contribution in [3.8, 4) is 0 Å². The molecule has 4 N–H and O–H groups in total. The first-order valence-corrected chi connectivity index (χ1v) is 7.88. The summed E-state index contributed by atoms with van der Waals surface area (Å²) in [6, 6.07) is 0. The van der Waals surface area contributed by atoms with E-state index in [9.17, 15) is 5.11 Å². The van der Waals surface area contributed by atoms with Gasteiger partial charge in [-0.2, -0.15) is 4.98 Å². The molecule has 2 unspecified atom stereocenters. The molecule has 3 rings (SSSR count). The zero-order chi connectivity index (χ0) is 14.2. The number of fused-ring (bicyclic) bond motifs is 1. The molecule has 1 aromatic heterocycles. The summed E-state index contributed by atoms with van der Waals surface area (Å²) in [6.45, 7) is 1.66. The van der Waals surface area contributed by atoms with Gasteiger partial charge in [0.05, 0.1) is 10.1 Å². The highest BCUT2D eigenvalue weighted by Crippen LogP contribution is 2.41. The molecule has 2 atom stereocenters. The molecule has 1 saturated heterocycles. The molecule has 0 spiro atoms. The molecule has 110 valence electrons. The minimum atomic E-state index is -0.469. The number of nitrogens with one attached hydrogen (secondary N) is 1. The van der Waals surface area contributed by atoms with Crippen LogP contribution in [0.25, 0.3) is 0 Å². The minimum absolute atomic E-state index is 0.334. The summed E-state index contributed by atoms with van der Waals surface area (Å²) in [5.74, 6) is 6.97. The summed E-state index contributed by atoms with van der Waals surface area (Å²) in [4.78, 5) is 10.7. The molecule has 1 aliphatic heterocycles. The minimum Gasteiger partial charge on any atom is -0.389 e. The Bertz CT molecular complexity index is 500. The van der Waals surface area contributed by atoms with Gasteiger partial charge in [-0.1, -0.05) is 12.8 Å². The third kappa shape index (κ3) is 2.49. The molecule has 20 heavy (non-hydrogen) atoms. The number of aliphatic hydroxyl groups is 1. The molecule has 0 radical (unpaired) electrons. The van der Waals surface area contributed by atoms with E-state index in [0.717, 1.165) is 49.1 Å². The lowest BCUT2D eigenvalue weighted by molar-refractivity contribution is -0.0613. The van der Waals surface area contributed by atoms with E-state index >= 15 is 0 Å². The quantitative estimate of drug-likeness (QED) is 0.560. The molecule has 6 nitrogen and oxygen atoms in total. The average Bonchev–Trinajstić information content (AvgIpc) is 2.47. The molecular formula is C13H20BrN5O. The first-order valence-electron chi connectivity index (χ1n) is 7.09. The van der Waals surface area contributed by atoms with Crippen LogP contribution in [0.2, 0.25) is 0 Å². The Morgan fingerprint density at radius 1 is 1.45 bits per heavy atom. The number of piperidine rings is 1. The molecule has 0 aromatic carbocycles. The highest BCUT2D eigenvalue weighted by Gasteiger charge is 2.43. The van der Waals surface area contributed by atoms with Gasteiger partial charge in [0.1, 0.15) is 5.82 Å². The Morgan fingerprint density at radius 2 is 2.30 bits per heavy atom. The Balaban J connectivity index is 1.82. The van der Waals surface area contributed by atoms with Crippen LogP contribution in [-0.2, 0) is 0 Å². The van der Waals surface area contributed by atoms with E-state index in [1.807, 2.05) is 0 Å². The number of nitrogens with zero attached hydrogens (tertiary/aromatic N) is 3. The lowest BCUT2D eigenvalue weighted by atomic mass is 9.71. The van der Waals surface area contributed by atoms with Crippen LogP contribution in [0, 0.1) is 5.92 Å². The van der Waals surface area contributed by atoms with Gasteiger partial charge >= 0.3 is 0 Å². The van der Waals surface area contributed by atoms with Crippen LogP contribution in [-0.4, -0.2) is 33.8 Å². The molecule has 2 fully saturated rings. The van der Waals surface area contributed by atoms with Crippen LogP contribution < -0.4 is 16.2 Å². The fraction of sp³-hybridized carbons (Fsp3) is 0.692. The number of hydrazine groups is 1. The zero-order valence-electron chi connectivity index (χ0n) is 11.3. The third-order valence-electron chi connectivity index (χ3n) is 4.58. The Morgan fingerprint density at radius 3 is 3.10 bits per heavy atom. The van der Waals surface area contributed by atoms with Gasteiger partial charge in [-0.3, -0.25) is 5.43 Å². The molecule has 0 amide bonds. The van der Waals surface area contributed by atoms with Crippen LogP contribution >= 0.6 is 15.9 Å². The summed E-state index contributed by atoms with van der Waals surface area (Å²) in [5.41, 5.74) is 2.01. The van der Waals surface area contributed by atoms with Gasteiger partial charge in [-0.05, 0) is 35.2 Å². The van der Waals surface area contributed by atoms with Crippen molar-refractivity contribution >= 4 is 27.7 Å². The van der Waals surface area contributed by atoms with E-state index in [1.165, 1.54) is 6.42 Å². The summed E-state index contributed by atoms with van der Waals surface area (Å²) in [7, 11) is 0. The van der Waals surface area contributed by atoms with Crippen molar-refractivity contribution in [3.05, 3.63) is 10.7 Å². The summed E-state index contributed by atoms with van der Waals surface area (Å²) in [6.07, 6.45) is 6.90. The number of hydrogen-bond acceptors (Lipinski definition) is 6. The van der Waals surface area contributed by atoms with Crippen LogP contribution in [0.4, 0.5) is 11.8 Å². The summed E-state index contributed by atoms with van der Waals surface area (Å²) < 4.78 is 0.859. The maximum atomic E-state index is 10.7. The van der Waals surface area contributed by atoms with E-state index in [-0.39, 0.29) is 0 Å². The summed E-state index contributed by atoms with van der Waals surface area (Å²) in [5, 5.41) is 10.7. The van der Waals surface area contributed by atoms with Gasteiger partial charge in [0.2, 0.25) is 5.95 Å². The van der Waals surface area contributed by atoms with Gasteiger partial charge in [0.25, 0.3) is 0 Å². The number of anilines is 2. The van der Waals surface area contributed by atoms with Gasteiger partial charge in [0.15, 0.2) is 0 Å². The van der Waals surface area contributed by atoms with E-state index in [0.29, 0.717) is 11.9 Å². The Labute approximate surface area is 126 Å². The van der Waals surface area contributed by atoms with Gasteiger partial charge < -0.3 is 10.0 Å². The van der Waals surface area contributed by atoms with Crippen molar-refractivity contribution in [2.45, 2.75) is 37.7 Å². The number of halogens is 1. The maximum absolute atomic E-state index is 10.7. The predicted molar refractivity (Wildman–Crippen MR) is 81.3 cm³/mol. The molecule has 1 saturated carbocycles. The second-order valence-electron chi connectivity index (χ2n) is 5.75. The first kappa shape index (κ1) is 14.0. The third-order valence-corrected chi connectivity index (χ3v) is 5.14. The van der Waals surface area contributed by atoms with Crippen molar-refractivity contribution in [1.82, 2.24) is 9.97 Å². The second kappa shape index (κ2) is 5.46. The highest BCUT2D eigenvalue weighted by molar-refractivity contribution is 9.10. The van der Waals surface area contributed by atoms with Crippen molar-refractivity contribution < 1.29 is 5.11 Å². The second-order valence-corrected chi connectivity index (χ2v) is 6.61. The van der Waals surface area contributed by atoms with Crippen LogP contribution in [0.5, 0.6) is 0 Å². The first-order chi connectivity index (χ1) is 9.62. The fourth-order valence-corrected chi connectivity index (χ4v) is 3.85. The van der Waals surface area contributed by atoms with E-state index in [1.54, 1.807) is 6.20 Å². The molecule has 1 aromatic rings. The van der Waals surface area contributed by atoms with Gasteiger partial charge in [-0.15, -0.1) is 0 Å². The fourth-order valence-electron chi connectivity index (χ4n) is 3.41. The number of nitrogens with two attached hydrogens (primary N) is 1. The SMILES string of the molecule is NNc1ncc(Br)c(N2CCC3(O)CCCCC3C2)n1. The van der Waals surface area contributed by atoms with Gasteiger partial charge in [0, 0.05) is 25.2 Å². The van der Waals surface area contributed by atoms with E-state index < -0.39 is 5.60 Å². The number of hydrogen-bond donors (Lipinski definition) is 3. The highest BCUT2D eigenvalue weighted by atomic mass is 79.9. The number of aromatic nitrogens is 2. The smallest absolute Gasteiger partial charge is 0.239 e. The molecule has 2 aliphatic rings. The normalized spacial score (nSPS) is 29.9. The largest absolute Gasteiger partial charge is 0.389 e. The molecule has 2 heterocycles. The summed E-state index contributed by atoms with van der Waals surface area (Å²) >= 11 is 3.50. The Kier molecular flexibility index (Phi) is 3.83. The monoisotopic (exact) mass is 341 g/mol. The average molecular weight is 342 g/mol. The Hall–Kier alpha value is -0.920. The molecular weight excluding hydrogens is 322 g/mol. The maximum Gasteiger partial charge on any atom is 0.239 e. The van der Waals surface area contributed by atoms with Crippen LogP contribution in [0.15, 0.2) is 10.7 Å². The van der Waals surface area contributed by atoms with Crippen LogP contribution in [0.3, 0.4) is 0 Å². The van der Waals surface area contributed by atoms with Crippen molar-refractivity contribution in [3.63, 3.8) is 0 Å². The molecule has 0 bridgehead atoms. The lowest BCUT2D eigenvalue weighted by Crippen LogP contribution is -2.53. The van der Waals surface area contributed by atoms with Crippen molar-refractivity contribution in [1.29, 1.82) is 0 Å². The number of rotatable bonds is 2. The molecule has 7 heteroatoms. The van der Waals surface area contributed by atoms with Gasteiger partial charge in [-0.25, -0.2) is 10.8 Å². The number of nitrogen functional groups attached to an aromatic ring is 1. The van der Waals surface area contributed by atoms with Crippen molar-refractivity contribution in [2.24, 2.45) is 11.8 Å². The van der Waals surface area contributed by atoms with Crippen molar-refractivity contribution in [2.75, 3.05) is 23.4 Å². The lowest BCUT2D eigenvalue weighted by Gasteiger charge is -2.47. The van der Waals surface area contributed by atoms with Crippen LogP contribution in [0.1, 0.15) is 32.1 Å². The predicted octanol–water partition coefficient (Wildman–Crippen LogP) is 1.66. The molecule has 1 aliphatic carbocycles. The zero-order valence-corrected chi connectivity index (χ0v) is 12.9.